The zero-order valence-electron chi connectivity index (χ0n) is 14.6. The van der Waals surface area contributed by atoms with Crippen LogP contribution in [-0.4, -0.2) is 56.3 Å². The van der Waals surface area contributed by atoms with Gasteiger partial charge in [0.15, 0.2) is 6.29 Å². The van der Waals surface area contributed by atoms with Crippen LogP contribution in [0.3, 0.4) is 0 Å². The van der Waals surface area contributed by atoms with E-state index in [0.29, 0.717) is 32.9 Å². The number of hydrogen-bond acceptors (Lipinski definition) is 5. The van der Waals surface area contributed by atoms with Crippen LogP contribution in [0.25, 0.3) is 0 Å². The Balaban J connectivity index is 1.28. The maximum atomic E-state index is 12.1. The van der Waals surface area contributed by atoms with Crippen molar-refractivity contribution in [3.63, 3.8) is 0 Å². The number of benzene rings is 1. The first-order valence-electron chi connectivity index (χ1n) is 9.12. The van der Waals surface area contributed by atoms with Crippen molar-refractivity contribution in [3.8, 4) is 0 Å². The number of carbonyl (C=O) groups excluding carboxylic acids is 1. The number of nitrogens with zero attached hydrogens (tertiary/aromatic N) is 1. The molecular weight excluding hydrogens is 322 g/mol. The first-order chi connectivity index (χ1) is 12.3. The van der Waals surface area contributed by atoms with Gasteiger partial charge in [-0.3, -0.25) is 0 Å². The molecule has 1 amide bonds. The zero-order valence-corrected chi connectivity index (χ0v) is 14.6. The van der Waals surface area contributed by atoms with Gasteiger partial charge in [0, 0.05) is 13.2 Å². The molecular formula is C19H27NO5. The highest BCUT2D eigenvalue weighted by Gasteiger charge is 2.27. The lowest BCUT2D eigenvalue weighted by Crippen LogP contribution is -2.31. The Morgan fingerprint density at radius 2 is 1.96 bits per heavy atom. The molecule has 2 fully saturated rings. The number of carbonyl (C=O) groups is 1. The Morgan fingerprint density at radius 3 is 2.76 bits per heavy atom. The summed E-state index contributed by atoms with van der Waals surface area (Å²) in [5, 5.41) is 0. The van der Waals surface area contributed by atoms with E-state index in [1.54, 1.807) is 4.90 Å². The molecule has 0 saturated carbocycles. The quantitative estimate of drug-likeness (QED) is 0.709. The fourth-order valence-corrected chi connectivity index (χ4v) is 3.08. The second kappa shape index (κ2) is 9.75. The van der Waals surface area contributed by atoms with Crippen molar-refractivity contribution >= 4 is 6.09 Å². The van der Waals surface area contributed by atoms with Crippen molar-refractivity contribution in [3.05, 3.63) is 35.9 Å². The second-order valence-electron chi connectivity index (χ2n) is 6.43. The number of rotatable bonds is 7. The Hall–Kier alpha value is -1.63. The van der Waals surface area contributed by atoms with Crippen molar-refractivity contribution in [2.75, 3.05) is 32.9 Å². The van der Waals surface area contributed by atoms with Gasteiger partial charge in [0.25, 0.3) is 0 Å². The van der Waals surface area contributed by atoms with Crippen molar-refractivity contribution in [2.24, 2.45) is 0 Å². The van der Waals surface area contributed by atoms with Gasteiger partial charge in [0.1, 0.15) is 6.61 Å². The van der Waals surface area contributed by atoms with E-state index in [-0.39, 0.29) is 18.5 Å². The number of hydrogen-bond donors (Lipinski definition) is 0. The minimum absolute atomic E-state index is 0.0557. The molecule has 2 heterocycles. The van der Waals surface area contributed by atoms with Crippen molar-refractivity contribution in [1.29, 1.82) is 0 Å². The molecule has 0 aromatic heterocycles. The van der Waals surface area contributed by atoms with Crippen molar-refractivity contribution in [1.82, 2.24) is 4.90 Å². The third kappa shape index (κ3) is 5.99. The standard InChI is InChI=1S/C19H27NO5/c21-19(25-15-16-6-2-1-3-7-16)20-10-9-17(14-20)22-12-13-24-18-8-4-5-11-23-18/h1-3,6-7,17-18H,4-5,8-15H2/t17-,18?/m1/s1. The summed E-state index contributed by atoms with van der Waals surface area (Å²) in [6, 6.07) is 9.70. The second-order valence-corrected chi connectivity index (χ2v) is 6.43. The van der Waals surface area contributed by atoms with Crippen molar-refractivity contribution < 1.29 is 23.7 Å². The molecule has 0 spiro atoms. The molecule has 2 aliphatic heterocycles. The van der Waals surface area contributed by atoms with E-state index in [1.807, 2.05) is 30.3 Å². The van der Waals surface area contributed by atoms with Gasteiger partial charge >= 0.3 is 6.09 Å². The normalized spacial score (nSPS) is 23.6. The van der Waals surface area contributed by atoms with Gasteiger partial charge in [-0.05, 0) is 31.2 Å². The molecule has 0 bridgehead atoms. The predicted molar refractivity (Wildman–Crippen MR) is 92.1 cm³/mol. The van der Waals surface area contributed by atoms with E-state index in [9.17, 15) is 4.79 Å². The molecule has 2 atom stereocenters. The summed E-state index contributed by atoms with van der Waals surface area (Å²) in [5.74, 6) is 0. The van der Waals surface area contributed by atoms with Crippen molar-refractivity contribution in [2.45, 2.75) is 44.7 Å². The Labute approximate surface area is 149 Å². The summed E-state index contributed by atoms with van der Waals surface area (Å²) in [6.45, 7) is 3.39. The minimum atomic E-state index is -0.276. The van der Waals surface area contributed by atoms with Crippen LogP contribution in [0.2, 0.25) is 0 Å². The Morgan fingerprint density at radius 1 is 1.12 bits per heavy atom. The third-order valence-electron chi connectivity index (χ3n) is 4.49. The zero-order chi connectivity index (χ0) is 17.3. The molecule has 0 aliphatic carbocycles. The SMILES string of the molecule is O=C(OCc1ccccc1)N1CC[C@@H](OCCOC2CCCCO2)C1. The van der Waals surface area contributed by atoms with E-state index in [0.717, 1.165) is 37.9 Å². The van der Waals surface area contributed by atoms with Gasteiger partial charge in [0.05, 0.1) is 25.9 Å². The van der Waals surface area contributed by atoms with Gasteiger partial charge in [-0.1, -0.05) is 30.3 Å². The van der Waals surface area contributed by atoms with Crippen LogP contribution < -0.4 is 0 Å². The van der Waals surface area contributed by atoms with Gasteiger partial charge in [-0.15, -0.1) is 0 Å². The molecule has 25 heavy (non-hydrogen) atoms. The summed E-state index contributed by atoms with van der Waals surface area (Å²) >= 11 is 0. The van der Waals surface area contributed by atoms with E-state index in [4.69, 9.17) is 18.9 Å². The Kier molecular flexibility index (Phi) is 7.09. The first kappa shape index (κ1) is 18.2. The van der Waals surface area contributed by atoms with E-state index < -0.39 is 0 Å². The third-order valence-corrected chi connectivity index (χ3v) is 4.49. The summed E-state index contributed by atoms with van der Waals surface area (Å²) in [4.78, 5) is 13.8. The molecule has 3 rings (SSSR count). The van der Waals surface area contributed by atoms with Crippen LogP contribution in [0.5, 0.6) is 0 Å². The molecule has 1 unspecified atom stereocenters. The molecule has 0 N–H and O–H groups in total. The lowest BCUT2D eigenvalue weighted by atomic mass is 10.2. The number of amides is 1. The van der Waals surface area contributed by atoms with Gasteiger partial charge in [0.2, 0.25) is 0 Å². The molecule has 1 aromatic rings. The van der Waals surface area contributed by atoms with Crippen LogP contribution in [0.1, 0.15) is 31.2 Å². The predicted octanol–water partition coefficient (Wildman–Crippen LogP) is 2.96. The summed E-state index contributed by atoms with van der Waals surface area (Å²) in [7, 11) is 0. The summed E-state index contributed by atoms with van der Waals surface area (Å²) in [6.07, 6.45) is 3.78. The lowest BCUT2D eigenvalue weighted by Gasteiger charge is -2.23. The minimum Gasteiger partial charge on any atom is -0.445 e. The highest BCUT2D eigenvalue weighted by molar-refractivity contribution is 5.68. The fourth-order valence-electron chi connectivity index (χ4n) is 3.08. The summed E-state index contributed by atoms with van der Waals surface area (Å²) < 4.78 is 22.3. The summed E-state index contributed by atoms with van der Waals surface area (Å²) in [5.41, 5.74) is 0.991. The molecule has 2 aliphatic rings. The number of ether oxygens (including phenoxy) is 4. The first-order valence-corrected chi connectivity index (χ1v) is 9.12. The van der Waals surface area contributed by atoms with E-state index in [2.05, 4.69) is 0 Å². The number of likely N-dealkylation sites (tertiary alicyclic amines) is 1. The molecule has 6 nitrogen and oxygen atoms in total. The monoisotopic (exact) mass is 349 g/mol. The smallest absolute Gasteiger partial charge is 0.410 e. The topological polar surface area (TPSA) is 57.2 Å². The average molecular weight is 349 g/mol. The van der Waals surface area contributed by atoms with Crippen LogP contribution in [0, 0.1) is 0 Å². The molecule has 0 radical (unpaired) electrons. The molecule has 2 saturated heterocycles. The Bertz CT molecular complexity index is 518. The highest BCUT2D eigenvalue weighted by atomic mass is 16.7. The van der Waals surface area contributed by atoms with Gasteiger partial charge in [-0.25, -0.2) is 4.79 Å². The molecule has 1 aromatic carbocycles. The van der Waals surface area contributed by atoms with Gasteiger partial charge < -0.3 is 23.8 Å². The van der Waals surface area contributed by atoms with Crippen LogP contribution >= 0.6 is 0 Å². The average Bonchev–Trinajstić information content (AvgIpc) is 3.14. The molecule has 6 heteroatoms. The van der Waals surface area contributed by atoms with Crippen LogP contribution in [-0.2, 0) is 25.6 Å². The van der Waals surface area contributed by atoms with Gasteiger partial charge in [-0.2, -0.15) is 0 Å². The van der Waals surface area contributed by atoms with E-state index in [1.165, 1.54) is 0 Å². The maximum Gasteiger partial charge on any atom is 0.410 e. The van der Waals surface area contributed by atoms with Crippen LogP contribution in [0.15, 0.2) is 30.3 Å². The fraction of sp³-hybridized carbons (Fsp3) is 0.632. The maximum absolute atomic E-state index is 12.1. The largest absolute Gasteiger partial charge is 0.445 e. The van der Waals surface area contributed by atoms with Crippen LogP contribution in [0.4, 0.5) is 4.79 Å². The van der Waals surface area contributed by atoms with E-state index >= 15 is 0 Å². The highest BCUT2D eigenvalue weighted by Crippen LogP contribution is 2.16. The lowest BCUT2D eigenvalue weighted by molar-refractivity contribution is -0.171. The molecule has 138 valence electrons.